The lowest BCUT2D eigenvalue weighted by atomic mass is 9.94. The molecule has 8 aromatic rings. The first-order valence-electron chi connectivity index (χ1n) is 13.9. The lowest BCUT2D eigenvalue weighted by Crippen LogP contribution is -2.12. The van der Waals surface area contributed by atoms with E-state index in [0.29, 0.717) is 16.8 Å². The van der Waals surface area contributed by atoms with Gasteiger partial charge in [-0.2, -0.15) is 33.7 Å². The number of phenols is 1. The number of phenolic OH excluding ortho intramolecular Hbond substituents is 1. The number of benzene rings is 8. The lowest BCUT2D eigenvalue weighted by molar-refractivity contribution is 0.447. The van der Waals surface area contributed by atoms with E-state index in [2.05, 4.69) is 0 Å². The maximum atomic E-state index is 14.1. The van der Waals surface area contributed by atoms with E-state index in [0.717, 1.165) is 46.5 Å². The van der Waals surface area contributed by atoms with Crippen LogP contribution in [0.4, 0.5) is 0 Å². The van der Waals surface area contributed by atoms with Crippen LogP contribution >= 0.6 is 0 Å². The highest BCUT2D eigenvalue weighted by Crippen LogP contribution is 2.47. The van der Waals surface area contributed by atoms with E-state index in [4.69, 9.17) is 4.18 Å². The molecule has 8 aromatic carbocycles. The van der Waals surface area contributed by atoms with Crippen molar-refractivity contribution in [2.75, 3.05) is 0 Å². The lowest BCUT2D eigenvalue weighted by Gasteiger charge is -2.19. The smallest absolute Gasteiger partial charge is 0.343 e. The summed E-state index contributed by atoms with van der Waals surface area (Å²) in [6.07, 6.45) is 0. The van der Waals surface area contributed by atoms with Crippen LogP contribution in [-0.2, 0) is 40.5 Å². The van der Waals surface area contributed by atoms with Gasteiger partial charge in [0.1, 0.15) is 20.4 Å². The first-order chi connectivity index (χ1) is 22.9. The molecule has 0 aromatic heterocycles. The third-order valence-electron chi connectivity index (χ3n) is 8.61. The number of rotatable bonds is 6. The molecule has 13 nitrogen and oxygen atoms in total. The fourth-order valence-electron chi connectivity index (χ4n) is 6.77. The van der Waals surface area contributed by atoms with Gasteiger partial charge in [0, 0.05) is 43.8 Å². The summed E-state index contributed by atoms with van der Waals surface area (Å²) in [5.74, 6) is -1.39. The second-order valence-electron chi connectivity index (χ2n) is 11.4. The van der Waals surface area contributed by atoms with Crippen molar-refractivity contribution in [1.29, 1.82) is 0 Å². The molecule has 0 saturated carbocycles. The Balaban J connectivity index is 1.48. The van der Waals surface area contributed by atoms with E-state index in [1.807, 2.05) is 24.3 Å². The van der Waals surface area contributed by atoms with Crippen molar-refractivity contribution >= 4 is 105 Å². The third-order valence-corrected chi connectivity index (χ3v) is 12.6. The molecule has 0 unspecified atom stereocenters. The molecule has 0 saturated heterocycles. The SMILES string of the molecule is O=S(=O)(O)c1cc(OS(=O)(=O)c2c(O)cc3ccc4cccc5ccc2c3c45)c2ccc3c(S(=O)(=O)O)cc(S(=O)(=O)O)c4ccc1c2c34. The predicted molar refractivity (Wildman–Crippen MR) is 179 cm³/mol. The molecule has 0 heterocycles. The van der Waals surface area contributed by atoms with Gasteiger partial charge in [0.25, 0.3) is 30.4 Å². The van der Waals surface area contributed by atoms with E-state index in [-0.39, 0.29) is 37.7 Å². The Hall–Kier alpha value is -4.88. The van der Waals surface area contributed by atoms with Gasteiger partial charge in [-0.15, -0.1) is 0 Å². The van der Waals surface area contributed by atoms with Crippen LogP contribution in [0.2, 0.25) is 0 Å². The summed E-state index contributed by atoms with van der Waals surface area (Å²) in [5, 5.41) is 12.7. The Morgan fingerprint density at radius 3 is 1.45 bits per heavy atom. The summed E-state index contributed by atoms with van der Waals surface area (Å²) in [4.78, 5) is -3.48. The van der Waals surface area contributed by atoms with Gasteiger partial charge in [0.15, 0.2) is 10.6 Å². The van der Waals surface area contributed by atoms with Gasteiger partial charge in [-0.1, -0.05) is 60.7 Å². The molecule has 248 valence electrons. The fraction of sp³-hybridized carbons (Fsp3) is 0. The van der Waals surface area contributed by atoms with Gasteiger partial charge in [-0.05, 0) is 45.1 Å². The molecule has 4 N–H and O–H groups in total. The molecular formula is C32H18O13S4. The van der Waals surface area contributed by atoms with E-state index in [1.54, 1.807) is 12.1 Å². The minimum atomic E-state index is -5.18. The molecule has 0 atom stereocenters. The van der Waals surface area contributed by atoms with Crippen molar-refractivity contribution in [2.24, 2.45) is 0 Å². The summed E-state index contributed by atoms with van der Waals surface area (Å²) in [6, 6.07) is 19.0. The Labute approximate surface area is 276 Å². The Bertz CT molecular complexity index is 3160. The van der Waals surface area contributed by atoms with Crippen LogP contribution in [0.5, 0.6) is 11.5 Å². The van der Waals surface area contributed by atoms with Crippen LogP contribution in [0.15, 0.2) is 105 Å². The molecular weight excluding hydrogens is 721 g/mol. The molecule has 8 rings (SSSR count). The largest absolute Gasteiger partial charge is 0.506 e. The average Bonchev–Trinajstić information content (AvgIpc) is 3.00. The summed E-state index contributed by atoms with van der Waals surface area (Å²) in [6.45, 7) is 0. The zero-order valence-corrected chi connectivity index (χ0v) is 27.4. The highest BCUT2D eigenvalue weighted by molar-refractivity contribution is 7.87. The van der Waals surface area contributed by atoms with Gasteiger partial charge >= 0.3 is 10.1 Å². The van der Waals surface area contributed by atoms with E-state index in [1.165, 1.54) is 12.1 Å². The number of aromatic hydroxyl groups is 1. The van der Waals surface area contributed by atoms with Crippen LogP contribution in [0.3, 0.4) is 0 Å². The van der Waals surface area contributed by atoms with E-state index < -0.39 is 71.6 Å². The maximum absolute atomic E-state index is 14.1. The van der Waals surface area contributed by atoms with Gasteiger partial charge in [0.2, 0.25) is 0 Å². The summed E-state index contributed by atoms with van der Waals surface area (Å²) in [7, 11) is -20.6. The molecule has 17 heteroatoms. The number of hydrogen-bond acceptors (Lipinski definition) is 10. The Kier molecular flexibility index (Phi) is 6.31. The molecule has 0 aliphatic rings. The highest BCUT2D eigenvalue weighted by atomic mass is 32.2. The zero-order chi connectivity index (χ0) is 35.0. The van der Waals surface area contributed by atoms with Crippen molar-refractivity contribution in [3.05, 3.63) is 84.9 Å². The molecule has 0 spiro atoms. The van der Waals surface area contributed by atoms with Crippen LogP contribution in [0.1, 0.15) is 0 Å². The maximum Gasteiger partial charge on any atom is 0.343 e. The van der Waals surface area contributed by atoms with Gasteiger partial charge < -0.3 is 9.29 Å². The van der Waals surface area contributed by atoms with Crippen LogP contribution in [0, 0.1) is 0 Å². The first-order valence-corrected chi connectivity index (χ1v) is 19.6. The van der Waals surface area contributed by atoms with Crippen molar-refractivity contribution in [3.63, 3.8) is 0 Å². The molecule has 49 heavy (non-hydrogen) atoms. The minimum Gasteiger partial charge on any atom is -0.506 e. The van der Waals surface area contributed by atoms with Crippen molar-refractivity contribution in [3.8, 4) is 11.5 Å². The average molecular weight is 739 g/mol. The molecule has 0 aliphatic carbocycles. The van der Waals surface area contributed by atoms with Crippen LogP contribution in [-0.4, -0.2) is 52.4 Å². The van der Waals surface area contributed by atoms with E-state index >= 15 is 0 Å². The summed E-state index contributed by atoms with van der Waals surface area (Å²) >= 11 is 0. The standard InChI is InChI=1S/C32H18O13S4/c33-23-12-17-5-4-15-2-1-3-16-6-7-22(29(17)28(15)16)32(23)49(43,44)45-24-13-25(46(34,35)36)19-10-11-21-27(48(40,41)42)14-26(47(37,38)39)20-9-8-18(24)30(19)31(20)21/h1-14,33H,(H,34,35,36)(H,37,38,39)(H,40,41,42). The fourth-order valence-corrected chi connectivity index (χ4v) is 10.2. The number of hydrogen-bond donors (Lipinski definition) is 4. The van der Waals surface area contributed by atoms with E-state index in [9.17, 15) is 52.4 Å². The first kappa shape index (κ1) is 31.4. The second kappa shape index (κ2) is 9.85. The molecule has 0 aliphatic heterocycles. The van der Waals surface area contributed by atoms with Crippen molar-refractivity contribution in [2.45, 2.75) is 19.6 Å². The molecule has 0 bridgehead atoms. The highest BCUT2D eigenvalue weighted by Gasteiger charge is 2.31. The van der Waals surface area contributed by atoms with Gasteiger partial charge in [-0.25, -0.2) is 0 Å². The molecule has 0 radical (unpaired) electrons. The molecule has 0 fully saturated rings. The van der Waals surface area contributed by atoms with Crippen molar-refractivity contribution < 1.29 is 56.6 Å². The Morgan fingerprint density at radius 1 is 0.449 bits per heavy atom. The third kappa shape index (κ3) is 4.58. The monoisotopic (exact) mass is 738 g/mol. The van der Waals surface area contributed by atoms with Crippen molar-refractivity contribution in [1.82, 2.24) is 0 Å². The second-order valence-corrected chi connectivity index (χ2v) is 17.0. The van der Waals surface area contributed by atoms with Gasteiger partial charge in [-0.3, -0.25) is 13.7 Å². The van der Waals surface area contributed by atoms with Crippen LogP contribution < -0.4 is 4.18 Å². The summed E-state index contributed by atoms with van der Waals surface area (Å²) in [5.41, 5.74) is 0. The normalized spacial score (nSPS) is 13.5. The quantitative estimate of drug-likeness (QED) is 0.0914. The van der Waals surface area contributed by atoms with Gasteiger partial charge in [0.05, 0.1) is 0 Å². The molecule has 0 amide bonds. The zero-order valence-electron chi connectivity index (χ0n) is 24.2. The Morgan fingerprint density at radius 2 is 0.898 bits per heavy atom. The summed E-state index contributed by atoms with van der Waals surface area (Å²) < 4.78 is 139. The minimum absolute atomic E-state index is 0.0857. The predicted octanol–water partition coefficient (Wildman–Crippen LogP) is 5.69. The topological polar surface area (TPSA) is 227 Å². The van der Waals surface area contributed by atoms with Crippen LogP contribution in [0.25, 0.3) is 64.6 Å².